The summed E-state index contributed by atoms with van der Waals surface area (Å²) in [4.78, 5) is 0. The number of nitrogens with zero attached hydrogens (tertiary/aromatic N) is 1. The van der Waals surface area contributed by atoms with Crippen molar-refractivity contribution in [2.24, 2.45) is 5.73 Å². The molecule has 0 aliphatic carbocycles. The van der Waals surface area contributed by atoms with E-state index in [-0.39, 0.29) is 5.75 Å². The molecule has 0 saturated carbocycles. The molecule has 0 fully saturated rings. The second-order valence-electron chi connectivity index (χ2n) is 2.99. The Labute approximate surface area is 90.2 Å². The highest BCUT2D eigenvalue weighted by Gasteiger charge is 2.07. The van der Waals surface area contributed by atoms with Gasteiger partial charge in [0, 0.05) is 28.7 Å². The summed E-state index contributed by atoms with van der Waals surface area (Å²) < 4.78 is 24.6. The second kappa shape index (κ2) is 5.59. The predicted molar refractivity (Wildman–Crippen MR) is 56.9 cm³/mol. The first kappa shape index (κ1) is 11.8. The van der Waals surface area contributed by atoms with Crippen LogP contribution in [0.2, 0.25) is 0 Å². The van der Waals surface area contributed by atoms with E-state index in [1.165, 1.54) is 18.2 Å². The molecule has 1 atom stereocenters. The van der Waals surface area contributed by atoms with E-state index in [1.54, 1.807) is 0 Å². The molecule has 1 unspecified atom stereocenters. The Morgan fingerprint density at radius 3 is 2.87 bits per heavy atom. The van der Waals surface area contributed by atoms with Crippen molar-refractivity contribution in [3.8, 4) is 6.07 Å². The largest absolute Gasteiger partial charge is 0.330 e. The Morgan fingerprint density at radius 2 is 2.27 bits per heavy atom. The van der Waals surface area contributed by atoms with Gasteiger partial charge in [-0.2, -0.15) is 5.26 Å². The SMILES string of the molecule is N#Cc1ccc(F)c(CS(=O)CCN)c1. The average molecular weight is 226 g/mol. The van der Waals surface area contributed by atoms with Crippen molar-refractivity contribution in [1.29, 1.82) is 5.26 Å². The molecule has 1 aromatic carbocycles. The van der Waals surface area contributed by atoms with Crippen molar-refractivity contribution in [2.45, 2.75) is 5.75 Å². The molecule has 1 rings (SSSR count). The molecule has 0 aliphatic heterocycles. The summed E-state index contributed by atoms with van der Waals surface area (Å²) in [6.07, 6.45) is 0. The molecule has 0 radical (unpaired) electrons. The predicted octanol–water partition coefficient (Wildman–Crippen LogP) is 0.905. The average Bonchev–Trinajstić information content (AvgIpc) is 2.21. The number of rotatable bonds is 4. The van der Waals surface area contributed by atoms with Gasteiger partial charge in [0.1, 0.15) is 5.82 Å². The van der Waals surface area contributed by atoms with Crippen molar-refractivity contribution >= 4 is 10.8 Å². The van der Waals surface area contributed by atoms with Crippen LogP contribution in [0.5, 0.6) is 0 Å². The first-order valence-corrected chi connectivity index (χ1v) is 5.89. The minimum Gasteiger partial charge on any atom is -0.330 e. The normalized spacial score (nSPS) is 12.1. The van der Waals surface area contributed by atoms with Crippen molar-refractivity contribution in [1.82, 2.24) is 0 Å². The van der Waals surface area contributed by atoms with Gasteiger partial charge in [-0.25, -0.2) is 4.39 Å². The van der Waals surface area contributed by atoms with E-state index in [0.717, 1.165) is 0 Å². The molecule has 5 heteroatoms. The van der Waals surface area contributed by atoms with Gasteiger partial charge in [-0.3, -0.25) is 4.21 Å². The van der Waals surface area contributed by atoms with E-state index in [4.69, 9.17) is 11.0 Å². The van der Waals surface area contributed by atoms with Gasteiger partial charge >= 0.3 is 0 Å². The molecule has 15 heavy (non-hydrogen) atoms. The Kier molecular flexibility index (Phi) is 4.40. The van der Waals surface area contributed by atoms with Gasteiger partial charge in [-0.05, 0) is 18.2 Å². The monoisotopic (exact) mass is 226 g/mol. The standard InChI is InChI=1S/C10H11FN2OS/c11-10-2-1-8(6-13)5-9(10)7-15(14)4-3-12/h1-2,5H,3-4,7,12H2. The van der Waals surface area contributed by atoms with Gasteiger partial charge in [0.2, 0.25) is 0 Å². The maximum absolute atomic E-state index is 13.2. The van der Waals surface area contributed by atoms with Gasteiger partial charge in [0.15, 0.2) is 0 Å². The molecule has 80 valence electrons. The summed E-state index contributed by atoms with van der Waals surface area (Å²) >= 11 is 0. The molecule has 1 aromatic rings. The first-order valence-electron chi connectivity index (χ1n) is 4.41. The van der Waals surface area contributed by atoms with Gasteiger partial charge in [-0.15, -0.1) is 0 Å². The number of halogens is 1. The second-order valence-corrected chi connectivity index (χ2v) is 4.57. The van der Waals surface area contributed by atoms with Crippen LogP contribution in [0.15, 0.2) is 18.2 Å². The molecule has 0 heterocycles. The summed E-state index contributed by atoms with van der Waals surface area (Å²) in [6.45, 7) is 0.312. The van der Waals surface area contributed by atoms with Crippen molar-refractivity contribution in [2.75, 3.05) is 12.3 Å². The van der Waals surface area contributed by atoms with Gasteiger partial charge in [-0.1, -0.05) is 0 Å². The summed E-state index contributed by atoms with van der Waals surface area (Å²) in [5.74, 6) is 0.0220. The summed E-state index contributed by atoms with van der Waals surface area (Å²) in [5, 5.41) is 8.62. The Bertz CT molecular complexity index is 414. The Hall–Kier alpha value is -1.25. The highest BCUT2D eigenvalue weighted by molar-refractivity contribution is 7.84. The van der Waals surface area contributed by atoms with Gasteiger partial charge < -0.3 is 5.73 Å². The maximum atomic E-state index is 13.2. The highest BCUT2D eigenvalue weighted by Crippen LogP contribution is 2.12. The number of nitriles is 1. The molecule has 0 aliphatic rings. The zero-order valence-electron chi connectivity index (χ0n) is 8.07. The van der Waals surface area contributed by atoms with Gasteiger partial charge in [0.25, 0.3) is 0 Å². The van der Waals surface area contributed by atoms with E-state index in [0.29, 0.717) is 23.4 Å². The van der Waals surface area contributed by atoms with Crippen LogP contribution >= 0.6 is 0 Å². The van der Waals surface area contributed by atoms with E-state index in [9.17, 15) is 8.60 Å². The number of benzene rings is 1. The first-order chi connectivity index (χ1) is 7.17. The van der Waals surface area contributed by atoms with Crippen LogP contribution in [-0.2, 0) is 16.6 Å². The zero-order chi connectivity index (χ0) is 11.3. The molecular weight excluding hydrogens is 215 g/mol. The van der Waals surface area contributed by atoms with E-state index in [1.807, 2.05) is 6.07 Å². The van der Waals surface area contributed by atoms with Crippen LogP contribution in [0.4, 0.5) is 4.39 Å². The molecule has 0 aromatic heterocycles. The van der Waals surface area contributed by atoms with E-state index >= 15 is 0 Å². The topological polar surface area (TPSA) is 66.9 Å². The fraction of sp³-hybridized carbons (Fsp3) is 0.300. The van der Waals surface area contributed by atoms with Gasteiger partial charge in [0.05, 0.1) is 17.4 Å². The quantitative estimate of drug-likeness (QED) is 0.829. The van der Waals surface area contributed by atoms with Crippen molar-refractivity contribution < 1.29 is 8.60 Å². The number of hydrogen-bond acceptors (Lipinski definition) is 3. The molecule has 0 bridgehead atoms. The third-order valence-electron chi connectivity index (χ3n) is 1.84. The molecular formula is C10H11FN2OS. The third-order valence-corrected chi connectivity index (χ3v) is 3.16. The highest BCUT2D eigenvalue weighted by atomic mass is 32.2. The summed E-state index contributed by atoms with van der Waals surface area (Å²) in [5.41, 5.74) is 5.92. The fourth-order valence-electron chi connectivity index (χ4n) is 1.13. The Balaban J connectivity index is 2.85. The van der Waals surface area contributed by atoms with Crippen molar-refractivity contribution in [3.05, 3.63) is 35.1 Å². The van der Waals surface area contributed by atoms with Crippen LogP contribution < -0.4 is 5.73 Å². The molecule has 3 nitrogen and oxygen atoms in total. The zero-order valence-corrected chi connectivity index (χ0v) is 8.89. The van der Waals surface area contributed by atoms with E-state index < -0.39 is 16.6 Å². The minimum atomic E-state index is -1.17. The van der Waals surface area contributed by atoms with Crippen LogP contribution in [0.25, 0.3) is 0 Å². The molecule has 2 N–H and O–H groups in total. The smallest absolute Gasteiger partial charge is 0.127 e. The lowest BCUT2D eigenvalue weighted by Crippen LogP contribution is -2.12. The molecule has 0 amide bonds. The van der Waals surface area contributed by atoms with Crippen LogP contribution in [0, 0.1) is 17.1 Å². The number of nitrogens with two attached hydrogens (primary N) is 1. The van der Waals surface area contributed by atoms with Crippen LogP contribution in [-0.4, -0.2) is 16.5 Å². The summed E-state index contributed by atoms with van der Waals surface area (Å²) in [6, 6.07) is 5.94. The van der Waals surface area contributed by atoms with Crippen molar-refractivity contribution in [3.63, 3.8) is 0 Å². The lowest BCUT2D eigenvalue weighted by molar-refractivity contribution is 0.615. The molecule has 0 spiro atoms. The van der Waals surface area contributed by atoms with E-state index in [2.05, 4.69) is 0 Å². The minimum absolute atomic E-state index is 0.110. The maximum Gasteiger partial charge on any atom is 0.127 e. The third kappa shape index (κ3) is 3.42. The van der Waals surface area contributed by atoms with Crippen LogP contribution in [0.1, 0.15) is 11.1 Å². The fourth-order valence-corrected chi connectivity index (χ4v) is 2.11. The number of hydrogen-bond donors (Lipinski definition) is 1. The molecule has 0 saturated heterocycles. The lowest BCUT2D eigenvalue weighted by Gasteiger charge is -2.03. The summed E-state index contributed by atoms with van der Waals surface area (Å²) in [7, 11) is -1.17. The lowest BCUT2D eigenvalue weighted by atomic mass is 10.1. The Morgan fingerprint density at radius 1 is 1.53 bits per heavy atom. The van der Waals surface area contributed by atoms with Crippen LogP contribution in [0.3, 0.4) is 0 Å².